The number of fused-ring (bicyclic) bond motifs is 1. The number of hydrogen-bond donors (Lipinski definition) is 0. The van der Waals surface area contributed by atoms with Gasteiger partial charge < -0.3 is 9.15 Å². The van der Waals surface area contributed by atoms with Crippen LogP contribution in [0.1, 0.15) is 15.9 Å². The van der Waals surface area contributed by atoms with E-state index >= 15 is 0 Å². The Bertz CT molecular complexity index is 910. The quantitative estimate of drug-likeness (QED) is 0.408. The van der Waals surface area contributed by atoms with Gasteiger partial charge in [-0.3, -0.25) is 0 Å². The molecule has 0 radical (unpaired) electrons. The van der Waals surface area contributed by atoms with Gasteiger partial charge in [0.05, 0.1) is 5.56 Å². The van der Waals surface area contributed by atoms with Crippen molar-refractivity contribution in [3.8, 4) is 5.75 Å². The molecule has 1 aromatic heterocycles. The third-order valence-electron chi connectivity index (χ3n) is 3.21. The molecule has 0 N–H and O–H groups in total. The molecule has 0 saturated carbocycles. The van der Waals surface area contributed by atoms with Crippen LogP contribution in [0.4, 0.5) is 0 Å². The van der Waals surface area contributed by atoms with Crippen LogP contribution in [-0.2, 0) is 0 Å². The van der Waals surface area contributed by atoms with Crippen molar-refractivity contribution in [2.24, 2.45) is 0 Å². The Hall–Kier alpha value is -2.59. The van der Waals surface area contributed by atoms with Crippen LogP contribution in [0.15, 0.2) is 57.7 Å². The van der Waals surface area contributed by atoms with Crippen LogP contribution in [0, 0.1) is 6.92 Å². The first-order chi connectivity index (χ1) is 10.5. The number of aryl methyl sites for hydroxylation is 1. The van der Waals surface area contributed by atoms with E-state index in [-0.39, 0.29) is 0 Å². The van der Waals surface area contributed by atoms with Gasteiger partial charge in [0.15, 0.2) is 0 Å². The molecule has 0 bridgehead atoms. The summed E-state index contributed by atoms with van der Waals surface area (Å²) in [6.45, 7) is 1.82. The van der Waals surface area contributed by atoms with E-state index in [9.17, 15) is 9.59 Å². The van der Waals surface area contributed by atoms with Crippen molar-refractivity contribution in [3.05, 3.63) is 75.1 Å². The molecule has 2 aromatic carbocycles. The van der Waals surface area contributed by atoms with E-state index in [2.05, 4.69) is 0 Å². The predicted molar refractivity (Wildman–Crippen MR) is 83.6 cm³/mol. The van der Waals surface area contributed by atoms with Crippen molar-refractivity contribution in [2.75, 3.05) is 0 Å². The average Bonchev–Trinajstić information content (AvgIpc) is 2.47. The van der Waals surface area contributed by atoms with E-state index in [4.69, 9.17) is 20.8 Å². The van der Waals surface area contributed by atoms with Gasteiger partial charge in [-0.2, -0.15) is 0 Å². The smallest absolute Gasteiger partial charge is 0.343 e. The molecule has 0 aliphatic rings. The van der Waals surface area contributed by atoms with Gasteiger partial charge in [0.25, 0.3) is 0 Å². The molecule has 0 fully saturated rings. The number of carbonyl (C=O) groups excluding carboxylic acids is 1. The first kappa shape index (κ1) is 14.4. The van der Waals surface area contributed by atoms with E-state index < -0.39 is 11.6 Å². The second-order valence-corrected chi connectivity index (χ2v) is 5.24. The topological polar surface area (TPSA) is 56.5 Å². The molecule has 0 atom stereocenters. The van der Waals surface area contributed by atoms with E-state index in [1.165, 1.54) is 12.1 Å². The number of benzene rings is 2. The summed E-state index contributed by atoms with van der Waals surface area (Å²) >= 11 is 5.78. The molecule has 1 heterocycles. The molecule has 0 unspecified atom stereocenters. The van der Waals surface area contributed by atoms with E-state index in [0.29, 0.717) is 21.9 Å². The lowest BCUT2D eigenvalue weighted by Gasteiger charge is -2.06. The standard InChI is InChI=1S/C17H11ClO4/c1-10-8-16(19)22-15-9-13(6-7-14(10)15)21-17(20)11-2-4-12(18)5-3-11/h2-9H,1H3. The van der Waals surface area contributed by atoms with Crippen LogP contribution in [0.3, 0.4) is 0 Å². The summed E-state index contributed by atoms with van der Waals surface area (Å²) in [5.74, 6) is -0.202. The van der Waals surface area contributed by atoms with Crippen molar-refractivity contribution in [1.29, 1.82) is 0 Å². The lowest BCUT2D eigenvalue weighted by molar-refractivity contribution is 0.0735. The van der Waals surface area contributed by atoms with Crippen molar-refractivity contribution in [2.45, 2.75) is 6.92 Å². The molecule has 5 heteroatoms. The number of halogens is 1. The summed E-state index contributed by atoms with van der Waals surface area (Å²) in [6.07, 6.45) is 0. The highest BCUT2D eigenvalue weighted by molar-refractivity contribution is 6.30. The zero-order chi connectivity index (χ0) is 15.7. The van der Waals surface area contributed by atoms with Gasteiger partial charge in [-0.1, -0.05) is 11.6 Å². The Morgan fingerprint density at radius 1 is 1.09 bits per heavy atom. The van der Waals surface area contributed by atoms with Crippen molar-refractivity contribution in [3.63, 3.8) is 0 Å². The average molecular weight is 315 g/mol. The predicted octanol–water partition coefficient (Wildman–Crippen LogP) is 3.97. The van der Waals surface area contributed by atoms with E-state index in [1.807, 2.05) is 6.92 Å². The number of carbonyl (C=O) groups is 1. The Labute approximate surface area is 130 Å². The zero-order valence-corrected chi connectivity index (χ0v) is 12.4. The van der Waals surface area contributed by atoms with Gasteiger partial charge >= 0.3 is 11.6 Å². The number of esters is 1. The van der Waals surface area contributed by atoms with Gasteiger partial charge in [0, 0.05) is 22.5 Å². The van der Waals surface area contributed by atoms with Crippen LogP contribution in [0.25, 0.3) is 11.0 Å². The summed E-state index contributed by atoms with van der Waals surface area (Å²) in [5.41, 5.74) is 1.13. The minimum absolute atomic E-state index is 0.307. The van der Waals surface area contributed by atoms with Crippen molar-refractivity contribution >= 4 is 28.5 Å². The minimum atomic E-state index is -0.508. The Balaban J connectivity index is 1.92. The Morgan fingerprint density at radius 2 is 1.82 bits per heavy atom. The van der Waals surface area contributed by atoms with Gasteiger partial charge in [-0.15, -0.1) is 0 Å². The monoisotopic (exact) mass is 314 g/mol. The summed E-state index contributed by atoms with van der Waals surface area (Å²) in [4.78, 5) is 23.4. The molecular formula is C17H11ClO4. The molecule has 4 nitrogen and oxygen atoms in total. The summed E-state index contributed by atoms with van der Waals surface area (Å²) in [6, 6.07) is 12.7. The third kappa shape index (κ3) is 2.87. The van der Waals surface area contributed by atoms with Crippen LogP contribution < -0.4 is 10.4 Å². The molecule has 0 aliphatic carbocycles. The highest BCUT2D eigenvalue weighted by Crippen LogP contribution is 2.23. The van der Waals surface area contributed by atoms with Crippen LogP contribution >= 0.6 is 11.6 Å². The molecule has 110 valence electrons. The molecule has 0 saturated heterocycles. The van der Waals surface area contributed by atoms with E-state index in [0.717, 1.165) is 10.9 Å². The van der Waals surface area contributed by atoms with Crippen molar-refractivity contribution < 1.29 is 13.9 Å². The fourth-order valence-electron chi connectivity index (χ4n) is 2.12. The van der Waals surface area contributed by atoms with Gasteiger partial charge in [-0.25, -0.2) is 9.59 Å². The normalized spacial score (nSPS) is 10.6. The van der Waals surface area contributed by atoms with E-state index in [1.54, 1.807) is 36.4 Å². The highest BCUT2D eigenvalue weighted by Gasteiger charge is 2.10. The molecule has 22 heavy (non-hydrogen) atoms. The van der Waals surface area contributed by atoms with Gasteiger partial charge in [0.1, 0.15) is 11.3 Å². The fourth-order valence-corrected chi connectivity index (χ4v) is 2.25. The van der Waals surface area contributed by atoms with Crippen LogP contribution in [-0.4, -0.2) is 5.97 Å². The summed E-state index contributed by atoms with van der Waals surface area (Å²) < 4.78 is 10.4. The maximum Gasteiger partial charge on any atom is 0.343 e. The zero-order valence-electron chi connectivity index (χ0n) is 11.6. The second-order valence-electron chi connectivity index (χ2n) is 4.80. The highest BCUT2D eigenvalue weighted by atomic mass is 35.5. The molecule has 0 spiro atoms. The lowest BCUT2D eigenvalue weighted by atomic mass is 10.1. The summed E-state index contributed by atoms with van der Waals surface area (Å²) in [7, 11) is 0. The largest absolute Gasteiger partial charge is 0.423 e. The third-order valence-corrected chi connectivity index (χ3v) is 3.47. The van der Waals surface area contributed by atoms with Crippen LogP contribution in [0.5, 0.6) is 5.75 Å². The van der Waals surface area contributed by atoms with Gasteiger partial charge in [-0.05, 0) is 48.9 Å². The molecule has 0 amide bonds. The lowest BCUT2D eigenvalue weighted by Crippen LogP contribution is -2.08. The fraction of sp³-hybridized carbons (Fsp3) is 0.0588. The maximum absolute atomic E-state index is 12.0. The number of hydrogen-bond acceptors (Lipinski definition) is 4. The first-order valence-corrected chi connectivity index (χ1v) is 6.93. The van der Waals surface area contributed by atoms with Crippen LogP contribution in [0.2, 0.25) is 5.02 Å². The second kappa shape index (κ2) is 5.66. The number of rotatable bonds is 2. The number of ether oxygens (including phenoxy) is 1. The molecule has 0 aliphatic heterocycles. The van der Waals surface area contributed by atoms with Gasteiger partial charge in [0.2, 0.25) is 0 Å². The molecular weight excluding hydrogens is 304 g/mol. The minimum Gasteiger partial charge on any atom is -0.423 e. The SMILES string of the molecule is Cc1cc(=O)oc2cc(OC(=O)c3ccc(Cl)cc3)ccc12. The molecule has 3 aromatic rings. The Kier molecular flexibility index (Phi) is 3.69. The molecule has 3 rings (SSSR count). The first-order valence-electron chi connectivity index (χ1n) is 6.55. The Morgan fingerprint density at radius 3 is 2.55 bits per heavy atom. The maximum atomic E-state index is 12.0. The van der Waals surface area contributed by atoms with Crippen molar-refractivity contribution in [1.82, 2.24) is 0 Å². The summed E-state index contributed by atoms with van der Waals surface area (Å²) in [5, 5.41) is 1.34.